The van der Waals surface area contributed by atoms with E-state index >= 15 is 0 Å². The third-order valence-electron chi connectivity index (χ3n) is 5.12. The Morgan fingerprint density at radius 2 is 1.72 bits per heavy atom. The van der Waals surface area contributed by atoms with Gasteiger partial charge in [0.05, 0.1) is 34.4 Å². The number of hydrogen-bond acceptors (Lipinski definition) is 3. The van der Waals surface area contributed by atoms with Crippen molar-refractivity contribution < 1.29 is 21.6 Å². The zero-order valence-electron chi connectivity index (χ0n) is 17.1. The molecule has 5 nitrogen and oxygen atoms in total. The number of nitrogens with zero attached hydrogens (tertiary/aromatic N) is 3. The fourth-order valence-electron chi connectivity index (χ4n) is 3.59. The second kappa shape index (κ2) is 8.31. The minimum Gasteiger partial charge on any atom is -0.267 e. The minimum absolute atomic E-state index is 0.0622. The van der Waals surface area contributed by atoms with Gasteiger partial charge in [-0.25, -0.2) is 8.42 Å². The molecule has 1 aromatic heterocycles. The zero-order valence-corrected chi connectivity index (χ0v) is 17.9. The van der Waals surface area contributed by atoms with Crippen LogP contribution in [0.1, 0.15) is 18.1 Å². The van der Waals surface area contributed by atoms with Crippen molar-refractivity contribution in [2.24, 2.45) is 0 Å². The molecule has 4 rings (SSSR count). The minimum atomic E-state index is -4.63. The van der Waals surface area contributed by atoms with Crippen molar-refractivity contribution in [1.29, 1.82) is 0 Å². The van der Waals surface area contributed by atoms with Gasteiger partial charge in [0.1, 0.15) is 0 Å². The highest BCUT2D eigenvalue weighted by molar-refractivity contribution is 7.92. The number of fused-ring (bicyclic) bond motifs is 1. The van der Waals surface area contributed by atoms with Crippen LogP contribution >= 0.6 is 0 Å². The van der Waals surface area contributed by atoms with Crippen LogP contribution in [0.25, 0.3) is 10.9 Å². The van der Waals surface area contributed by atoms with Crippen LogP contribution in [0.3, 0.4) is 0 Å². The highest BCUT2D eigenvalue weighted by Gasteiger charge is 2.33. The van der Waals surface area contributed by atoms with Gasteiger partial charge in [0.2, 0.25) is 0 Å². The monoisotopic (exact) mass is 459 g/mol. The normalized spacial score (nSPS) is 12.2. The number of benzene rings is 3. The highest BCUT2D eigenvalue weighted by Crippen LogP contribution is 2.32. The Labute approximate surface area is 183 Å². The first-order chi connectivity index (χ1) is 15.2. The molecule has 0 saturated heterocycles. The van der Waals surface area contributed by atoms with Crippen LogP contribution in [0.2, 0.25) is 0 Å². The van der Waals surface area contributed by atoms with E-state index in [4.69, 9.17) is 0 Å². The summed E-state index contributed by atoms with van der Waals surface area (Å²) < 4.78 is 68.6. The number of alkyl halides is 3. The Bertz CT molecular complexity index is 1360. The summed E-state index contributed by atoms with van der Waals surface area (Å²) in [5, 5.41) is 5.38. The highest BCUT2D eigenvalue weighted by atomic mass is 32.2. The first kappa shape index (κ1) is 21.9. The number of sulfonamides is 1. The second-order valence-electron chi connectivity index (χ2n) is 7.23. The van der Waals surface area contributed by atoms with Gasteiger partial charge in [-0.1, -0.05) is 36.4 Å². The number of anilines is 1. The van der Waals surface area contributed by atoms with E-state index in [2.05, 4.69) is 5.10 Å². The van der Waals surface area contributed by atoms with Crippen molar-refractivity contribution in [3.8, 4) is 0 Å². The first-order valence-corrected chi connectivity index (χ1v) is 11.3. The molecule has 32 heavy (non-hydrogen) atoms. The number of para-hydroxylation sites is 1. The molecule has 9 heteroatoms. The fraction of sp³-hybridized carbons (Fsp3) is 0.174. The Morgan fingerprint density at radius 1 is 0.969 bits per heavy atom. The second-order valence-corrected chi connectivity index (χ2v) is 9.09. The van der Waals surface area contributed by atoms with Crippen molar-refractivity contribution in [2.75, 3.05) is 10.8 Å². The maximum atomic E-state index is 13.2. The van der Waals surface area contributed by atoms with Crippen molar-refractivity contribution in [1.82, 2.24) is 9.78 Å². The molecule has 0 N–H and O–H groups in total. The van der Waals surface area contributed by atoms with Gasteiger partial charge < -0.3 is 0 Å². The lowest BCUT2D eigenvalue weighted by Gasteiger charge is -2.24. The van der Waals surface area contributed by atoms with Gasteiger partial charge in [-0.15, -0.1) is 0 Å². The van der Waals surface area contributed by atoms with Crippen molar-refractivity contribution in [3.05, 3.63) is 90.1 Å². The molecule has 0 unspecified atom stereocenters. The molecule has 0 saturated carbocycles. The summed E-state index contributed by atoms with van der Waals surface area (Å²) in [6.07, 6.45) is -2.87. The molecule has 0 atom stereocenters. The Morgan fingerprint density at radius 3 is 2.47 bits per heavy atom. The molecule has 0 bridgehead atoms. The zero-order chi connectivity index (χ0) is 22.9. The van der Waals surface area contributed by atoms with E-state index in [1.165, 1.54) is 6.07 Å². The molecule has 0 spiro atoms. The summed E-state index contributed by atoms with van der Waals surface area (Å²) >= 11 is 0. The lowest BCUT2D eigenvalue weighted by atomic mass is 10.2. The summed E-state index contributed by atoms with van der Waals surface area (Å²) in [6.45, 7) is 2.12. The summed E-state index contributed by atoms with van der Waals surface area (Å²) in [4.78, 5) is -0.405. The molecule has 0 aliphatic carbocycles. The fourth-order valence-corrected chi connectivity index (χ4v) is 5.10. The van der Waals surface area contributed by atoms with Gasteiger partial charge >= 0.3 is 6.18 Å². The molecule has 3 aromatic carbocycles. The van der Waals surface area contributed by atoms with E-state index in [-0.39, 0.29) is 6.54 Å². The molecular weight excluding hydrogens is 439 g/mol. The largest absolute Gasteiger partial charge is 0.416 e. The SMILES string of the molecule is CCN(c1cccc(Cn2ncc3ccccc32)c1)S(=O)(=O)c1cccc(C(F)(F)F)c1. The van der Waals surface area contributed by atoms with Crippen LogP contribution in [-0.2, 0) is 22.7 Å². The lowest BCUT2D eigenvalue weighted by Crippen LogP contribution is -2.31. The van der Waals surface area contributed by atoms with E-state index in [1.54, 1.807) is 31.3 Å². The standard InChI is InChI=1S/C23H20F3N3O2S/c1-2-29(32(30,31)21-11-6-9-19(14-21)23(24,25)26)20-10-5-7-17(13-20)16-28-22-12-4-3-8-18(22)15-27-28/h3-15H,2,16H2,1H3. The number of halogens is 3. The van der Waals surface area contributed by atoms with E-state index in [9.17, 15) is 21.6 Å². The predicted molar refractivity (Wildman–Crippen MR) is 117 cm³/mol. The summed E-state index contributed by atoms with van der Waals surface area (Å²) in [6, 6.07) is 18.4. The number of hydrogen-bond donors (Lipinski definition) is 0. The molecule has 1 heterocycles. The topological polar surface area (TPSA) is 55.2 Å². The van der Waals surface area contributed by atoms with Gasteiger partial charge in [0.15, 0.2) is 0 Å². The molecule has 4 aromatic rings. The molecular formula is C23H20F3N3O2S. The van der Waals surface area contributed by atoms with Gasteiger partial charge in [-0.2, -0.15) is 18.3 Å². The molecule has 166 valence electrons. The smallest absolute Gasteiger partial charge is 0.267 e. The molecule has 0 fully saturated rings. The summed E-state index contributed by atoms with van der Waals surface area (Å²) in [5.41, 5.74) is 1.13. The Hall–Kier alpha value is -3.33. The predicted octanol–water partition coefficient (Wildman–Crippen LogP) is 5.32. The van der Waals surface area contributed by atoms with Crippen molar-refractivity contribution in [2.45, 2.75) is 24.5 Å². The van der Waals surface area contributed by atoms with Crippen LogP contribution in [0.15, 0.2) is 83.9 Å². The molecule has 0 aliphatic rings. The van der Waals surface area contributed by atoms with Gasteiger partial charge in [0.25, 0.3) is 10.0 Å². The average Bonchev–Trinajstić information content (AvgIpc) is 3.17. The summed E-state index contributed by atoms with van der Waals surface area (Å²) in [7, 11) is -4.19. The average molecular weight is 459 g/mol. The maximum Gasteiger partial charge on any atom is 0.416 e. The van der Waals surface area contributed by atoms with Crippen LogP contribution in [0, 0.1) is 0 Å². The number of rotatable bonds is 6. The van der Waals surface area contributed by atoms with Crippen LogP contribution in [0.4, 0.5) is 18.9 Å². The molecule has 0 radical (unpaired) electrons. The van der Waals surface area contributed by atoms with E-state index in [0.717, 1.165) is 32.9 Å². The molecule has 0 amide bonds. The van der Waals surface area contributed by atoms with Crippen molar-refractivity contribution in [3.63, 3.8) is 0 Å². The quantitative estimate of drug-likeness (QED) is 0.392. The van der Waals surface area contributed by atoms with Crippen LogP contribution < -0.4 is 4.31 Å². The van der Waals surface area contributed by atoms with Crippen LogP contribution in [-0.4, -0.2) is 24.7 Å². The van der Waals surface area contributed by atoms with Crippen LogP contribution in [0.5, 0.6) is 0 Å². The Kier molecular flexibility index (Phi) is 5.68. The van der Waals surface area contributed by atoms with E-state index in [0.29, 0.717) is 18.3 Å². The maximum absolute atomic E-state index is 13.2. The first-order valence-electron chi connectivity index (χ1n) is 9.89. The van der Waals surface area contributed by atoms with Gasteiger partial charge in [-0.05, 0) is 48.9 Å². The summed E-state index contributed by atoms with van der Waals surface area (Å²) in [5.74, 6) is 0. The van der Waals surface area contributed by atoms with Gasteiger partial charge in [-0.3, -0.25) is 8.99 Å². The third kappa shape index (κ3) is 4.20. The van der Waals surface area contributed by atoms with E-state index < -0.39 is 26.7 Å². The number of aromatic nitrogens is 2. The Balaban J connectivity index is 1.68. The van der Waals surface area contributed by atoms with Gasteiger partial charge in [0, 0.05) is 11.9 Å². The van der Waals surface area contributed by atoms with Crippen molar-refractivity contribution >= 4 is 26.6 Å². The molecule has 0 aliphatic heterocycles. The van der Waals surface area contributed by atoms with E-state index in [1.807, 2.05) is 35.0 Å². The lowest BCUT2D eigenvalue weighted by molar-refractivity contribution is -0.137. The third-order valence-corrected chi connectivity index (χ3v) is 7.02.